The van der Waals surface area contributed by atoms with Crippen LogP contribution in [0.2, 0.25) is 0 Å². The van der Waals surface area contributed by atoms with Crippen molar-refractivity contribution in [3.05, 3.63) is 48.8 Å². The van der Waals surface area contributed by atoms with Gasteiger partial charge in [-0.05, 0) is 18.2 Å². The first-order chi connectivity index (χ1) is 8.34. The minimum Gasteiger partial charge on any atom is -0.436 e. The number of nitrogens with zero attached hydrogens (tertiary/aromatic N) is 1. The smallest absolute Gasteiger partial charge is 0.221 e. The van der Waals surface area contributed by atoms with Crippen molar-refractivity contribution in [2.45, 2.75) is 0 Å². The van der Waals surface area contributed by atoms with Gasteiger partial charge in [-0.2, -0.15) is 0 Å². The highest BCUT2D eigenvalue weighted by atomic mass is 16.4. The molecule has 0 fully saturated rings. The molecule has 3 aromatic rings. The van der Waals surface area contributed by atoms with Crippen molar-refractivity contribution >= 4 is 28.2 Å². The molecular weight excluding hydrogens is 214 g/mol. The van der Waals surface area contributed by atoms with E-state index in [4.69, 9.17) is 10.2 Å². The summed E-state index contributed by atoms with van der Waals surface area (Å²) in [6.07, 6.45) is 3.35. The molecule has 1 aromatic carbocycles. The number of rotatable bonds is 2. The molecule has 0 saturated heterocycles. The van der Waals surface area contributed by atoms with Crippen LogP contribution in [0.15, 0.2) is 53.2 Å². The fourth-order valence-corrected chi connectivity index (χ4v) is 1.72. The normalized spacial score (nSPS) is 10.6. The van der Waals surface area contributed by atoms with Gasteiger partial charge in [0, 0.05) is 17.3 Å². The van der Waals surface area contributed by atoms with Gasteiger partial charge in [0.25, 0.3) is 0 Å². The van der Waals surface area contributed by atoms with Crippen molar-refractivity contribution in [2.75, 3.05) is 11.1 Å². The van der Waals surface area contributed by atoms with Crippen LogP contribution in [0.1, 0.15) is 0 Å². The number of fused-ring (bicyclic) bond motifs is 1. The maximum atomic E-state index is 6.00. The van der Waals surface area contributed by atoms with E-state index in [0.29, 0.717) is 17.2 Å². The van der Waals surface area contributed by atoms with Crippen LogP contribution in [-0.4, -0.2) is 4.98 Å². The van der Waals surface area contributed by atoms with E-state index >= 15 is 0 Å². The number of furan rings is 1. The number of nitrogens with two attached hydrogens (primary N) is 1. The van der Waals surface area contributed by atoms with Crippen LogP contribution in [0, 0.1) is 0 Å². The predicted octanol–water partition coefficient (Wildman–Crippen LogP) is 3.15. The molecule has 0 radical (unpaired) electrons. The van der Waals surface area contributed by atoms with Crippen molar-refractivity contribution in [1.82, 2.24) is 4.98 Å². The Balaban J connectivity index is 2.04. The van der Waals surface area contributed by atoms with E-state index in [-0.39, 0.29) is 0 Å². The van der Waals surface area contributed by atoms with E-state index < -0.39 is 0 Å². The number of nitrogen functional groups attached to an aromatic ring is 1. The standard InChI is InChI=1S/C13H11N3O/c14-12-10-6-7-15-8-11(10)17-13(12)16-9-4-2-1-3-5-9/h1-8,16H,14H2. The Bertz CT molecular complexity index is 646. The first-order valence-corrected chi connectivity index (χ1v) is 5.28. The van der Waals surface area contributed by atoms with Crippen molar-refractivity contribution < 1.29 is 4.42 Å². The summed E-state index contributed by atoms with van der Waals surface area (Å²) in [6, 6.07) is 11.6. The quantitative estimate of drug-likeness (QED) is 0.703. The van der Waals surface area contributed by atoms with Crippen LogP contribution in [0.4, 0.5) is 17.3 Å². The van der Waals surface area contributed by atoms with E-state index in [1.165, 1.54) is 0 Å². The lowest BCUT2D eigenvalue weighted by Crippen LogP contribution is -1.92. The predicted molar refractivity (Wildman–Crippen MR) is 68.1 cm³/mol. The number of pyridine rings is 1. The molecule has 0 bridgehead atoms. The molecule has 0 aliphatic carbocycles. The van der Waals surface area contributed by atoms with Crippen molar-refractivity contribution in [2.24, 2.45) is 0 Å². The number of hydrogen-bond acceptors (Lipinski definition) is 4. The summed E-state index contributed by atoms with van der Waals surface area (Å²) in [7, 11) is 0. The Kier molecular flexibility index (Phi) is 2.19. The summed E-state index contributed by atoms with van der Waals surface area (Å²) < 4.78 is 5.60. The van der Waals surface area contributed by atoms with Crippen LogP contribution in [0.3, 0.4) is 0 Å². The topological polar surface area (TPSA) is 64.1 Å². The molecule has 4 nitrogen and oxygen atoms in total. The highest BCUT2D eigenvalue weighted by molar-refractivity contribution is 5.96. The lowest BCUT2D eigenvalue weighted by atomic mass is 10.3. The van der Waals surface area contributed by atoms with Crippen LogP contribution < -0.4 is 11.1 Å². The molecule has 0 aliphatic rings. The monoisotopic (exact) mass is 225 g/mol. The van der Waals surface area contributed by atoms with Crippen LogP contribution in [0.5, 0.6) is 0 Å². The Labute approximate surface area is 98.1 Å². The number of benzene rings is 1. The van der Waals surface area contributed by atoms with Gasteiger partial charge in [0.1, 0.15) is 5.69 Å². The summed E-state index contributed by atoms with van der Waals surface area (Å²) >= 11 is 0. The minimum atomic E-state index is 0.555. The third-order valence-electron chi connectivity index (χ3n) is 2.56. The van der Waals surface area contributed by atoms with E-state index in [1.54, 1.807) is 12.4 Å². The van der Waals surface area contributed by atoms with Crippen molar-refractivity contribution in [3.63, 3.8) is 0 Å². The van der Waals surface area contributed by atoms with Crippen LogP contribution in [-0.2, 0) is 0 Å². The number of anilines is 3. The fraction of sp³-hybridized carbons (Fsp3) is 0. The third-order valence-corrected chi connectivity index (χ3v) is 2.56. The average molecular weight is 225 g/mol. The van der Waals surface area contributed by atoms with E-state index in [0.717, 1.165) is 11.1 Å². The van der Waals surface area contributed by atoms with E-state index in [1.807, 2.05) is 36.4 Å². The van der Waals surface area contributed by atoms with Gasteiger partial charge in [-0.15, -0.1) is 0 Å². The van der Waals surface area contributed by atoms with Crippen LogP contribution in [0.25, 0.3) is 11.0 Å². The zero-order chi connectivity index (χ0) is 11.7. The van der Waals surface area contributed by atoms with Gasteiger partial charge in [0.05, 0.1) is 6.20 Å². The third kappa shape index (κ3) is 1.69. The van der Waals surface area contributed by atoms with Gasteiger partial charge >= 0.3 is 0 Å². The Hall–Kier alpha value is -2.49. The zero-order valence-corrected chi connectivity index (χ0v) is 9.05. The van der Waals surface area contributed by atoms with Gasteiger partial charge in [-0.3, -0.25) is 4.98 Å². The van der Waals surface area contributed by atoms with Crippen LogP contribution >= 0.6 is 0 Å². The highest BCUT2D eigenvalue weighted by Gasteiger charge is 2.10. The molecule has 2 heterocycles. The second kappa shape index (κ2) is 3.83. The Morgan fingerprint density at radius 3 is 2.71 bits per heavy atom. The molecule has 17 heavy (non-hydrogen) atoms. The first kappa shape index (κ1) is 9.72. The minimum absolute atomic E-state index is 0.555. The SMILES string of the molecule is Nc1c(Nc2ccccc2)oc2cnccc12. The average Bonchev–Trinajstić information content (AvgIpc) is 2.68. The molecule has 0 amide bonds. The van der Waals surface area contributed by atoms with Gasteiger partial charge in [-0.1, -0.05) is 18.2 Å². The van der Waals surface area contributed by atoms with Gasteiger partial charge in [0.15, 0.2) is 5.58 Å². The zero-order valence-electron chi connectivity index (χ0n) is 9.05. The summed E-state index contributed by atoms with van der Waals surface area (Å²) in [5, 5.41) is 4.02. The molecule has 0 atom stereocenters. The lowest BCUT2D eigenvalue weighted by Gasteiger charge is -2.02. The molecule has 3 rings (SSSR count). The molecule has 2 aromatic heterocycles. The number of para-hydroxylation sites is 1. The fourth-order valence-electron chi connectivity index (χ4n) is 1.72. The van der Waals surface area contributed by atoms with E-state index in [9.17, 15) is 0 Å². The summed E-state index contributed by atoms with van der Waals surface area (Å²) in [5.41, 5.74) is 8.23. The number of aromatic nitrogens is 1. The molecule has 0 saturated carbocycles. The molecule has 0 aliphatic heterocycles. The molecule has 0 spiro atoms. The van der Waals surface area contributed by atoms with E-state index in [2.05, 4.69) is 10.3 Å². The van der Waals surface area contributed by atoms with Gasteiger partial charge in [-0.25, -0.2) is 0 Å². The second-order valence-electron chi connectivity index (χ2n) is 3.71. The summed E-state index contributed by atoms with van der Waals surface area (Å²) in [6.45, 7) is 0. The molecule has 4 heteroatoms. The number of nitrogens with one attached hydrogen (secondary N) is 1. The molecule has 0 unspecified atom stereocenters. The lowest BCUT2D eigenvalue weighted by molar-refractivity contribution is 0.634. The highest BCUT2D eigenvalue weighted by Crippen LogP contribution is 2.33. The van der Waals surface area contributed by atoms with Gasteiger partial charge in [0.2, 0.25) is 5.88 Å². The Morgan fingerprint density at radius 2 is 1.94 bits per heavy atom. The van der Waals surface area contributed by atoms with Crippen molar-refractivity contribution in [3.8, 4) is 0 Å². The first-order valence-electron chi connectivity index (χ1n) is 5.28. The number of hydrogen-bond donors (Lipinski definition) is 2. The second-order valence-corrected chi connectivity index (χ2v) is 3.71. The maximum Gasteiger partial charge on any atom is 0.221 e. The molecular formula is C13H11N3O. The Morgan fingerprint density at radius 1 is 1.12 bits per heavy atom. The molecule has 3 N–H and O–H groups in total. The largest absolute Gasteiger partial charge is 0.436 e. The van der Waals surface area contributed by atoms with Crippen molar-refractivity contribution in [1.29, 1.82) is 0 Å². The molecule has 84 valence electrons. The summed E-state index contributed by atoms with van der Waals surface area (Å²) in [5.74, 6) is 0.555. The summed E-state index contributed by atoms with van der Waals surface area (Å²) in [4.78, 5) is 4.00. The van der Waals surface area contributed by atoms with Gasteiger partial charge < -0.3 is 15.5 Å². The maximum absolute atomic E-state index is 6.00.